The van der Waals surface area contributed by atoms with Crippen LogP contribution < -0.4 is 9.64 Å². The maximum Gasteiger partial charge on any atom is 0.380 e. The first-order valence-corrected chi connectivity index (χ1v) is 36.1. The molecule has 4 fully saturated rings. The quantitative estimate of drug-likeness (QED) is 0.0265. The van der Waals surface area contributed by atoms with Crippen LogP contribution in [0.4, 0.5) is 32.0 Å². The maximum absolute atomic E-state index is 16.6. The molecule has 496 valence electrons. The molecule has 2 aliphatic heterocycles. The van der Waals surface area contributed by atoms with Crippen molar-refractivity contribution in [1.82, 2.24) is 4.90 Å². The number of unbranched alkanes of at least 4 members (excludes halogenated alkanes) is 6. The second kappa shape index (κ2) is 23.0. The standard InChI is InChI=1S/C82H74F6N2O5S2/c1-7-9-11-16-20-53(21-17-12-10-8-2)89-73(91)59-34-30-55-57-32-36-61-68-62(37-33-58(66(57)68)56-31-35-60(74(89)92)67(59)65(55)56)76(94)90(75(61)93)54-28-26-52(27-29-54)79-41-47-38-48(42-79)40-78(39-47,43-79)51-24-22-50(23-25-51)71-44(3)63(46(5)96-71)69-70(81(85,86)82(87,88)80(69,83)84)64-45(4)72(97-77(64)95-6)49-18-14-13-15-19-49/h13-15,18-19,22-37,47-48,53H,7-12,16-17,20-21,38-43H2,1-6H3/t47-,48+,78?,79?. The number of imide groups is 2. The van der Waals surface area contributed by atoms with Crippen molar-refractivity contribution in [3.8, 4) is 25.9 Å². The molecule has 4 amide bonds. The zero-order valence-corrected chi connectivity index (χ0v) is 56.8. The summed E-state index contributed by atoms with van der Waals surface area (Å²) in [5.41, 5.74) is 2.33. The topological polar surface area (TPSA) is 84.0 Å². The summed E-state index contributed by atoms with van der Waals surface area (Å²) in [5, 5.41) is 6.08. The van der Waals surface area contributed by atoms with E-state index in [1.165, 1.54) is 25.9 Å². The molecule has 0 saturated heterocycles. The number of amides is 4. The number of alkyl halides is 6. The number of fused-ring (bicyclic) bond motifs is 2. The van der Waals surface area contributed by atoms with E-state index in [0.29, 0.717) is 71.4 Å². The lowest BCUT2D eigenvalue weighted by molar-refractivity contribution is -0.254. The van der Waals surface area contributed by atoms with Gasteiger partial charge in [0.2, 0.25) is 0 Å². The lowest BCUT2D eigenvalue weighted by Gasteiger charge is -2.63. The Labute approximate surface area is 567 Å². The molecule has 4 atom stereocenters. The van der Waals surface area contributed by atoms with Gasteiger partial charge in [0.1, 0.15) is 0 Å². The Hall–Kier alpha value is -8.14. The van der Waals surface area contributed by atoms with E-state index in [-0.39, 0.29) is 55.3 Å². The van der Waals surface area contributed by atoms with Crippen molar-refractivity contribution in [3.05, 3.63) is 188 Å². The molecule has 8 aromatic carbocycles. The van der Waals surface area contributed by atoms with Crippen LogP contribution >= 0.6 is 22.7 Å². The number of rotatable bonds is 19. The summed E-state index contributed by atoms with van der Waals surface area (Å²) in [6, 6.07) is 39.9. The van der Waals surface area contributed by atoms with Gasteiger partial charge in [-0.3, -0.25) is 24.1 Å². The third-order valence-electron chi connectivity index (χ3n) is 23.2. The molecule has 15 heteroatoms. The molecule has 4 bridgehead atoms. The van der Waals surface area contributed by atoms with Gasteiger partial charge in [-0.05, 0) is 197 Å². The normalized spacial score (nSPS) is 22.2. The summed E-state index contributed by atoms with van der Waals surface area (Å²) < 4.78 is 104. The van der Waals surface area contributed by atoms with Crippen LogP contribution in [0.1, 0.15) is 196 Å². The number of carbonyl (C=O) groups is 4. The molecule has 97 heavy (non-hydrogen) atoms. The van der Waals surface area contributed by atoms with Crippen molar-refractivity contribution in [2.75, 3.05) is 12.0 Å². The highest BCUT2D eigenvalue weighted by Gasteiger charge is 2.81. The van der Waals surface area contributed by atoms with E-state index in [1.54, 1.807) is 42.2 Å². The summed E-state index contributed by atoms with van der Waals surface area (Å²) in [4.78, 5) is 63.6. The van der Waals surface area contributed by atoms with Gasteiger partial charge >= 0.3 is 17.8 Å². The Morgan fingerprint density at radius 1 is 0.495 bits per heavy atom. The van der Waals surface area contributed by atoms with Gasteiger partial charge in [-0.2, -0.15) is 26.3 Å². The van der Waals surface area contributed by atoms with Gasteiger partial charge in [0.25, 0.3) is 23.6 Å². The Morgan fingerprint density at radius 2 is 0.928 bits per heavy atom. The lowest BCUT2D eigenvalue weighted by Crippen LogP contribution is -2.55. The van der Waals surface area contributed by atoms with Crippen molar-refractivity contribution in [2.24, 2.45) is 11.8 Å². The minimum atomic E-state index is -5.74. The molecule has 7 nitrogen and oxygen atoms in total. The van der Waals surface area contributed by atoms with Gasteiger partial charge in [-0.25, -0.2) is 4.90 Å². The molecular formula is C82H74F6N2O5S2. The molecule has 17 rings (SSSR count). The molecule has 0 radical (unpaired) electrons. The average Bonchev–Trinajstić information content (AvgIpc) is 1.67. The van der Waals surface area contributed by atoms with Crippen LogP contribution in [-0.2, 0) is 10.8 Å². The molecule has 4 heterocycles. The first kappa shape index (κ1) is 63.6. The van der Waals surface area contributed by atoms with Gasteiger partial charge in [-0.1, -0.05) is 168 Å². The highest BCUT2D eigenvalue weighted by atomic mass is 32.1. The van der Waals surface area contributed by atoms with Crippen LogP contribution in [0, 0.1) is 32.6 Å². The van der Waals surface area contributed by atoms with Crippen LogP contribution in [0.5, 0.6) is 5.06 Å². The fraction of sp³-hybridized carbons (Fsp3) is 0.366. The molecule has 4 saturated carbocycles. The van der Waals surface area contributed by atoms with Crippen molar-refractivity contribution >= 4 is 106 Å². The number of hydrogen-bond acceptors (Lipinski definition) is 7. The van der Waals surface area contributed by atoms with E-state index in [1.807, 2.05) is 72.8 Å². The first-order valence-electron chi connectivity index (χ1n) is 34.5. The fourth-order valence-corrected chi connectivity index (χ4v) is 21.5. The van der Waals surface area contributed by atoms with E-state index in [0.717, 1.165) is 169 Å². The number of thiophene rings is 2. The zero-order chi connectivity index (χ0) is 67.6. The minimum absolute atomic E-state index is 0.145. The highest BCUT2D eigenvalue weighted by molar-refractivity contribution is 7.18. The van der Waals surface area contributed by atoms with Crippen LogP contribution in [0.3, 0.4) is 0 Å². The Balaban J connectivity index is 0.685. The van der Waals surface area contributed by atoms with Crippen molar-refractivity contribution in [1.29, 1.82) is 0 Å². The number of benzene rings is 8. The molecular weight excluding hydrogens is 1270 g/mol. The van der Waals surface area contributed by atoms with Crippen molar-refractivity contribution in [3.63, 3.8) is 0 Å². The number of ether oxygens (including phenoxy) is 1. The number of hydrogen-bond donors (Lipinski definition) is 0. The number of allylic oxidation sites excluding steroid dienone is 2. The van der Waals surface area contributed by atoms with Crippen LogP contribution in [0.25, 0.3) is 75.1 Å². The number of halogens is 6. The number of aryl methyl sites for hydroxylation is 1. The fourth-order valence-electron chi connectivity index (χ4n) is 19.2. The van der Waals surface area contributed by atoms with E-state index in [9.17, 15) is 9.59 Å². The maximum atomic E-state index is 16.6. The number of nitrogens with zero attached hydrogens (tertiary/aromatic N) is 2. The van der Waals surface area contributed by atoms with E-state index in [4.69, 9.17) is 4.74 Å². The molecule has 7 aliphatic rings. The lowest BCUT2D eigenvalue weighted by atomic mass is 9.42. The molecule has 2 aromatic heterocycles. The second-order valence-electron chi connectivity index (χ2n) is 28.8. The second-order valence-corrected chi connectivity index (χ2v) is 31.0. The Morgan fingerprint density at radius 3 is 1.40 bits per heavy atom. The van der Waals surface area contributed by atoms with Gasteiger partial charge in [0.15, 0.2) is 5.06 Å². The van der Waals surface area contributed by atoms with E-state index >= 15 is 35.9 Å². The van der Waals surface area contributed by atoms with E-state index in [2.05, 4.69) is 38.1 Å². The predicted octanol–water partition coefficient (Wildman–Crippen LogP) is 22.5. The van der Waals surface area contributed by atoms with E-state index < -0.39 is 46.3 Å². The zero-order valence-electron chi connectivity index (χ0n) is 55.2. The van der Waals surface area contributed by atoms with Crippen LogP contribution in [0.15, 0.2) is 127 Å². The van der Waals surface area contributed by atoms with Crippen LogP contribution in [0.2, 0.25) is 0 Å². The van der Waals surface area contributed by atoms with Crippen molar-refractivity contribution in [2.45, 2.75) is 172 Å². The molecule has 0 N–H and O–H groups in total. The monoisotopic (exact) mass is 1340 g/mol. The summed E-state index contributed by atoms with van der Waals surface area (Å²) >= 11 is 2.07. The summed E-state index contributed by atoms with van der Waals surface area (Å²) in [5.74, 6) is -16.7. The summed E-state index contributed by atoms with van der Waals surface area (Å²) in [6.45, 7) is 8.91. The van der Waals surface area contributed by atoms with Crippen LogP contribution in [-0.4, -0.2) is 59.4 Å². The van der Waals surface area contributed by atoms with Gasteiger partial charge in [-0.15, -0.1) is 11.3 Å². The van der Waals surface area contributed by atoms with Crippen molar-refractivity contribution < 1.29 is 50.3 Å². The largest absolute Gasteiger partial charge is 0.487 e. The molecule has 0 spiro atoms. The number of methoxy groups -OCH3 is 1. The van der Waals surface area contributed by atoms with Gasteiger partial charge in [0.05, 0.1) is 12.8 Å². The summed E-state index contributed by atoms with van der Waals surface area (Å²) in [7, 11) is 1.22. The average molecular weight is 1350 g/mol. The third-order valence-corrected chi connectivity index (χ3v) is 25.8. The van der Waals surface area contributed by atoms with Gasteiger partial charge < -0.3 is 4.74 Å². The summed E-state index contributed by atoms with van der Waals surface area (Å²) in [6.07, 6.45) is 16.0. The molecule has 10 aromatic rings. The Bertz CT molecular complexity index is 4840. The predicted molar refractivity (Wildman–Crippen MR) is 377 cm³/mol. The Kier molecular flexibility index (Phi) is 15.1. The minimum Gasteiger partial charge on any atom is -0.487 e. The SMILES string of the molecule is CCCCCCC(CCCCCC)N1C(=O)c2ccc3c4ccc5c6c(ccc(c7ccc(c2c37)C1=O)c64)C(=O)N(c1ccc(C23C[C@@H]4C[C@@H](CC(c6ccc(-c7sc(C)c(C8=C(c9c(OC)sc(-c%10ccccc%10)c9C)C(F)(F)C(F)(F)C8(F)F)c7C)cc6)(C4)C2)C3)cc1)C5=O. The number of anilines is 1. The van der Waals surface area contributed by atoms with Gasteiger partial charge in [0, 0.05) is 76.0 Å². The third kappa shape index (κ3) is 9.16. The smallest absolute Gasteiger partial charge is 0.380 e. The molecule has 5 aliphatic carbocycles. The number of carbonyl (C=O) groups excluding carboxylic acids is 4. The first-order chi connectivity index (χ1) is 46.6. The molecule has 2 unspecified atom stereocenters. The highest BCUT2D eigenvalue weighted by Crippen LogP contribution is 2.69.